The van der Waals surface area contributed by atoms with Crippen LogP contribution in [0.2, 0.25) is 0 Å². The molecule has 0 aromatic carbocycles. The molecule has 0 aromatic rings. The molecule has 0 aliphatic carbocycles. The lowest BCUT2D eigenvalue weighted by Crippen LogP contribution is -2.24. The van der Waals surface area contributed by atoms with Crippen LogP contribution in [0.15, 0.2) is 48.6 Å². The molecular weight excluding hydrogens is 602 g/mol. The molecule has 286 valence electrons. The highest BCUT2D eigenvalue weighted by molar-refractivity contribution is 5.71. The summed E-state index contributed by atoms with van der Waals surface area (Å²) in [5.74, 6) is -0.153. The Morgan fingerprint density at radius 2 is 0.878 bits per heavy atom. The monoisotopic (exact) mass is 686 g/mol. The fraction of sp³-hybridized carbons (Fsp3) is 0.800. The van der Waals surface area contributed by atoms with E-state index in [1.807, 2.05) is 19.0 Å². The summed E-state index contributed by atoms with van der Waals surface area (Å²) in [4.78, 5) is 13.6. The van der Waals surface area contributed by atoms with Crippen LogP contribution in [0.25, 0.3) is 0 Å². The van der Waals surface area contributed by atoms with E-state index < -0.39 is 0 Å². The van der Waals surface area contributed by atoms with Crippen molar-refractivity contribution in [3.63, 3.8) is 0 Å². The quantitative estimate of drug-likeness (QED) is 0.0368. The van der Waals surface area contributed by atoms with Gasteiger partial charge in [0.25, 0.3) is 0 Å². The molecule has 1 atom stereocenters. The van der Waals surface area contributed by atoms with Crippen LogP contribution in [0.3, 0.4) is 0 Å². The Kier molecular flexibility index (Phi) is 39.4. The summed E-state index contributed by atoms with van der Waals surface area (Å²) in [6.07, 6.45) is 54.5. The van der Waals surface area contributed by atoms with Crippen molar-refractivity contribution in [2.45, 2.75) is 200 Å². The predicted octanol–water partition coefficient (Wildman–Crippen LogP) is 13.7. The molecule has 0 bridgehead atoms. The van der Waals surface area contributed by atoms with Gasteiger partial charge in [-0.3, -0.25) is 9.69 Å². The topological polar surface area (TPSA) is 38.8 Å². The number of nitrogens with zero attached hydrogens (tertiary/aromatic N) is 1. The molecule has 0 heterocycles. The van der Waals surface area contributed by atoms with Crippen molar-refractivity contribution in [3.8, 4) is 0 Å². The summed E-state index contributed by atoms with van der Waals surface area (Å²) in [7, 11) is 3.77. The SMILES string of the molecule is CCCCC/C=C\C/C=C\CCCCCCCCCC(CCCCCCCC/C=C\C/C=C\CCCCC)OCCCOC(=O)CN(C)C. The Morgan fingerprint density at radius 1 is 0.490 bits per heavy atom. The lowest BCUT2D eigenvalue weighted by Gasteiger charge is -2.18. The van der Waals surface area contributed by atoms with Crippen LogP contribution in [0, 0.1) is 0 Å². The summed E-state index contributed by atoms with van der Waals surface area (Å²) in [6.45, 7) is 6.01. The number of carbonyl (C=O) groups excluding carboxylic acids is 1. The summed E-state index contributed by atoms with van der Waals surface area (Å²) in [5, 5.41) is 0. The molecule has 0 amide bonds. The van der Waals surface area contributed by atoms with Gasteiger partial charge in [-0.2, -0.15) is 0 Å². The summed E-state index contributed by atoms with van der Waals surface area (Å²) in [6, 6.07) is 0. The van der Waals surface area contributed by atoms with Gasteiger partial charge in [0.15, 0.2) is 0 Å². The second-order valence-electron chi connectivity index (χ2n) is 14.4. The maximum Gasteiger partial charge on any atom is 0.320 e. The molecule has 0 radical (unpaired) electrons. The second kappa shape index (κ2) is 40.8. The van der Waals surface area contributed by atoms with Gasteiger partial charge < -0.3 is 9.47 Å². The van der Waals surface area contributed by atoms with Crippen molar-refractivity contribution < 1.29 is 14.3 Å². The summed E-state index contributed by atoms with van der Waals surface area (Å²) >= 11 is 0. The van der Waals surface area contributed by atoms with Gasteiger partial charge in [0.1, 0.15) is 0 Å². The fourth-order valence-corrected chi connectivity index (χ4v) is 6.01. The maximum atomic E-state index is 11.8. The first-order valence-electron chi connectivity index (χ1n) is 21.1. The van der Waals surface area contributed by atoms with Crippen molar-refractivity contribution in [2.75, 3.05) is 33.9 Å². The molecule has 0 spiro atoms. The van der Waals surface area contributed by atoms with Gasteiger partial charge in [0.05, 0.1) is 25.9 Å². The maximum absolute atomic E-state index is 11.8. The lowest BCUT2D eigenvalue weighted by molar-refractivity contribution is -0.144. The molecule has 0 saturated heterocycles. The number of esters is 1. The molecule has 0 rings (SSSR count). The molecule has 0 aromatic heterocycles. The van der Waals surface area contributed by atoms with Crippen molar-refractivity contribution >= 4 is 5.97 Å². The Morgan fingerprint density at radius 3 is 1.29 bits per heavy atom. The molecule has 0 fully saturated rings. The molecule has 4 nitrogen and oxygen atoms in total. The van der Waals surface area contributed by atoms with E-state index in [9.17, 15) is 4.79 Å². The second-order valence-corrected chi connectivity index (χ2v) is 14.4. The van der Waals surface area contributed by atoms with E-state index in [1.165, 1.54) is 154 Å². The van der Waals surface area contributed by atoms with E-state index in [4.69, 9.17) is 9.47 Å². The van der Waals surface area contributed by atoms with Crippen LogP contribution < -0.4 is 0 Å². The average molecular weight is 686 g/mol. The highest BCUT2D eigenvalue weighted by Gasteiger charge is 2.10. The first-order chi connectivity index (χ1) is 24.1. The minimum absolute atomic E-state index is 0.153. The number of hydrogen-bond donors (Lipinski definition) is 0. The number of unbranched alkanes of at least 4 members (excludes halogenated alkanes) is 19. The van der Waals surface area contributed by atoms with Crippen molar-refractivity contribution in [2.24, 2.45) is 0 Å². The zero-order valence-corrected chi connectivity index (χ0v) is 33.3. The number of carbonyl (C=O) groups is 1. The van der Waals surface area contributed by atoms with Crippen molar-refractivity contribution in [1.29, 1.82) is 0 Å². The Hall–Kier alpha value is -1.65. The third-order valence-corrected chi connectivity index (χ3v) is 9.05. The Labute approximate surface area is 306 Å². The van der Waals surface area contributed by atoms with Crippen LogP contribution in [-0.2, 0) is 14.3 Å². The molecule has 0 aliphatic rings. The minimum Gasteiger partial charge on any atom is -0.465 e. The van der Waals surface area contributed by atoms with Gasteiger partial charge in [0, 0.05) is 6.42 Å². The number of likely N-dealkylation sites (N-methyl/N-ethyl adjacent to an activating group) is 1. The van der Waals surface area contributed by atoms with Crippen molar-refractivity contribution in [1.82, 2.24) is 4.90 Å². The standard InChI is InChI=1S/C45H83NO3/c1-5-7-9-11-13-15-17-19-21-23-25-27-29-31-33-35-37-40-44(48-41-38-42-49-45(47)43-46(3)4)39-36-34-32-30-28-26-24-22-20-18-16-14-12-10-8-6-2/h13-16,19-22,44H,5-12,17-18,23-43H2,1-4H3/b15-13-,16-14-,21-19-,22-20-. The number of hydrogen-bond acceptors (Lipinski definition) is 4. The van der Waals surface area contributed by atoms with E-state index >= 15 is 0 Å². The zero-order valence-electron chi connectivity index (χ0n) is 33.3. The van der Waals surface area contributed by atoms with E-state index in [0.29, 0.717) is 25.9 Å². The third-order valence-electron chi connectivity index (χ3n) is 9.05. The highest BCUT2D eigenvalue weighted by atomic mass is 16.5. The molecule has 0 saturated carbocycles. The van der Waals surface area contributed by atoms with Crippen LogP contribution in [0.5, 0.6) is 0 Å². The van der Waals surface area contributed by atoms with Gasteiger partial charge >= 0.3 is 5.97 Å². The zero-order chi connectivity index (χ0) is 35.7. The predicted molar refractivity (Wildman–Crippen MR) is 216 cm³/mol. The Balaban J connectivity index is 4.03. The van der Waals surface area contributed by atoms with Crippen molar-refractivity contribution in [3.05, 3.63) is 48.6 Å². The van der Waals surface area contributed by atoms with Gasteiger partial charge in [-0.05, 0) is 91.1 Å². The van der Waals surface area contributed by atoms with Crippen LogP contribution in [-0.4, -0.2) is 50.8 Å². The third kappa shape index (κ3) is 40.7. The number of allylic oxidation sites excluding steroid dienone is 8. The van der Waals surface area contributed by atoms with Gasteiger partial charge in [-0.1, -0.05) is 159 Å². The van der Waals surface area contributed by atoms with E-state index in [0.717, 1.165) is 25.7 Å². The first kappa shape index (κ1) is 47.4. The number of rotatable bonds is 38. The first-order valence-corrected chi connectivity index (χ1v) is 21.1. The summed E-state index contributed by atoms with van der Waals surface area (Å²) < 4.78 is 11.7. The highest BCUT2D eigenvalue weighted by Crippen LogP contribution is 2.18. The Bertz CT molecular complexity index is 784. The molecular formula is C45H83NO3. The molecule has 4 heteroatoms. The number of ether oxygens (including phenoxy) is 2. The van der Waals surface area contributed by atoms with Crippen LogP contribution >= 0.6 is 0 Å². The van der Waals surface area contributed by atoms with Gasteiger partial charge in [0.2, 0.25) is 0 Å². The average Bonchev–Trinajstić information content (AvgIpc) is 3.08. The molecule has 1 unspecified atom stereocenters. The minimum atomic E-state index is -0.153. The van der Waals surface area contributed by atoms with Gasteiger partial charge in [-0.15, -0.1) is 0 Å². The van der Waals surface area contributed by atoms with E-state index in [1.54, 1.807) is 0 Å². The van der Waals surface area contributed by atoms with E-state index in [-0.39, 0.29) is 5.97 Å². The molecule has 0 N–H and O–H groups in total. The molecule has 49 heavy (non-hydrogen) atoms. The van der Waals surface area contributed by atoms with Crippen LogP contribution in [0.1, 0.15) is 194 Å². The van der Waals surface area contributed by atoms with Gasteiger partial charge in [-0.25, -0.2) is 0 Å². The van der Waals surface area contributed by atoms with E-state index in [2.05, 4.69) is 62.5 Å². The smallest absolute Gasteiger partial charge is 0.320 e. The fourth-order valence-electron chi connectivity index (χ4n) is 6.01. The van der Waals surface area contributed by atoms with Crippen LogP contribution in [0.4, 0.5) is 0 Å². The largest absolute Gasteiger partial charge is 0.465 e. The normalized spacial score (nSPS) is 12.9. The molecule has 0 aliphatic heterocycles. The lowest BCUT2D eigenvalue weighted by atomic mass is 10.0. The summed E-state index contributed by atoms with van der Waals surface area (Å²) in [5.41, 5.74) is 0.